The van der Waals surface area contributed by atoms with Crippen molar-refractivity contribution in [3.8, 4) is 0 Å². The molecule has 0 aliphatic carbocycles. The predicted molar refractivity (Wildman–Crippen MR) is 106 cm³/mol. The van der Waals surface area contributed by atoms with E-state index in [9.17, 15) is 14.7 Å². The SMILES string of the molecule is C/C=C/C=C/C(=O)C(CCCCCCCCCCCCCC)C(=O)O. The average molecular weight is 351 g/mol. The van der Waals surface area contributed by atoms with Crippen molar-refractivity contribution in [2.75, 3.05) is 0 Å². The number of aliphatic carboxylic acids is 1. The molecule has 0 heterocycles. The van der Waals surface area contributed by atoms with E-state index in [1.165, 1.54) is 63.9 Å². The second-order valence-electron chi connectivity index (χ2n) is 6.86. The number of ketones is 1. The third-order valence-electron chi connectivity index (χ3n) is 4.55. The molecule has 0 saturated carbocycles. The van der Waals surface area contributed by atoms with Crippen LogP contribution in [0.25, 0.3) is 0 Å². The van der Waals surface area contributed by atoms with Crippen molar-refractivity contribution in [3.63, 3.8) is 0 Å². The van der Waals surface area contributed by atoms with Crippen molar-refractivity contribution >= 4 is 11.8 Å². The molecular weight excluding hydrogens is 312 g/mol. The van der Waals surface area contributed by atoms with Gasteiger partial charge in [-0.1, -0.05) is 102 Å². The molecular formula is C22H38O3. The molecule has 0 aromatic rings. The Bertz CT molecular complexity index is 396. The molecule has 25 heavy (non-hydrogen) atoms. The summed E-state index contributed by atoms with van der Waals surface area (Å²) >= 11 is 0. The van der Waals surface area contributed by atoms with Gasteiger partial charge in [0.2, 0.25) is 0 Å². The standard InChI is InChI=1S/C22H38O3/c1-3-5-7-8-9-10-11-12-13-14-15-17-18-20(22(24)25)21(23)19-16-6-4-2/h4,6,16,19-20H,3,5,7-15,17-18H2,1-2H3,(H,24,25)/b6-4+,19-16+. The number of hydrogen-bond donors (Lipinski definition) is 1. The molecule has 0 spiro atoms. The molecule has 0 aromatic heterocycles. The van der Waals surface area contributed by atoms with Gasteiger partial charge in [0.15, 0.2) is 5.78 Å². The maximum Gasteiger partial charge on any atom is 0.314 e. The Morgan fingerprint density at radius 3 is 1.72 bits per heavy atom. The van der Waals surface area contributed by atoms with Crippen molar-refractivity contribution < 1.29 is 14.7 Å². The van der Waals surface area contributed by atoms with Gasteiger partial charge < -0.3 is 5.11 Å². The van der Waals surface area contributed by atoms with Crippen LogP contribution in [0.4, 0.5) is 0 Å². The molecule has 0 aliphatic heterocycles. The maximum atomic E-state index is 11.9. The molecule has 0 aromatic carbocycles. The number of rotatable bonds is 17. The second-order valence-corrected chi connectivity index (χ2v) is 6.86. The largest absolute Gasteiger partial charge is 0.481 e. The highest BCUT2D eigenvalue weighted by Crippen LogP contribution is 2.16. The van der Waals surface area contributed by atoms with Crippen molar-refractivity contribution in [1.29, 1.82) is 0 Å². The quantitative estimate of drug-likeness (QED) is 0.141. The summed E-state index contributed by atoms with van der Waals surface area (Å²) in [5.41, 5.74) is 0. The van der Waals surface area contributed by atoms with Crippen LogP contribution in [0.1, 0.15) is 97.3 Å². The van der Waals surface area contributed by atoms with Gasteiger partial charge in [0.1, 0.15) is 5.92 Å². The monoisotopic (exact) mass is 350 g/mol. The van der Waals surface area contributed by atoms with E-state index in [1.807, 2.05) is 13.0 Å². The lowest BCUT2D eigenvalue weighted by Crippen LogP contribution is -2.22. The van der Waals surface area contributed by atoms with Crippen LogP contribution in [0.2, 0.25) is 0 Å². The van der Waals surface area contributed by atoms with E-state index >= 15 is 0 Å². The summed E-state index contributed by atoms with van der Waals surface area (Å²) < 4.78 is 0. The minimum atomic E-state index is -1.00. The molecule has 0 fully saturated rings. The lowest BCUT2D eigenvalue weighted by atomic mass is 9.95. The van der Waals surface area contributed by atoms with Crippen LogP contribution in [0, 0.1) is 5.92 Å². The van der Waals surface area contributed by atoms with Gasteiger partial charge in [-0.25, -0.2) is 0 Å². The zero-order chi connectivity index (χ0) is 18.8. The third kappa shape index (κ3) is 14.7. The van der Waals surface area contributed by atoms with Crippen molar-refractivity contribution in [2.45, 2.75) is 97.3 Å². The first-order valence-electron chi connectivity index (χ1n) is 10.2. The van der Waals surface area contributed by atoms with Crippen LogP contribution in [0.3, 0.4) is 0 Å². The van der Waals surface area contributed by atoms with Gasteiger partial charge in [0.25, 0.3) is 0 Å². The molecule has 0 saturated heterocycles. The van der Waals surface area contributed by atoms with E-state index in [1.54, 1.807) is 12.2 Å². The Hall–Kier alpha value is -1.38. The summed E-state index contributed by atoms with van der Waals surface area (Å²) in [7, 11) is 0. The molecule has 0 amide bonds. The van der Waals surface area contributed by atoms with E-state index < -0.39 is 11.9 Å². The number of carboxylic acid groups (broad SMARTS) is 1. The summed E-state index contributed by atoms with van der Waals surface area (Å²) in [5.74, 6) is -2.18. The lowest BCUT2D eigenvalue weighted by molar-refractivity contribution is -0.145. The van der Waals surface area contributed by atoms with Crippen LogP contribution in [-0.4, -0.2) is 16.9 Å². The Kier molecular flexibility index (Phi) is 16.5. The summed E-state index contributed by atoms with van der Waals surface area (Å²) in [6.07, 6.45) is 21.9. The molecule has 0 aliphatic rings. The fourth-order valence-electron chi connectivity index (χ4n) is 2.95. The van der Waals surface area contributed by atoms with E-state index in [4.69, 9.17) is 0 Å². The number of carboxylic acids is 1. The fraction of sp³-hybridized carbons (Fsp3) is 0.727. The Morgan fingerprint density at radius 2 is 1.28 bits per heavy atom. The predicted octanol–water partition coefficient (Wildman–Crippen LogP) is 6.48. The van der Waals surface area contributed by atoms with Gasteiger partial charge in [-0.05, 0) is 19.4 Å². The van der Waals surface area contributed by atoms with Crippen LogP contribution >= 0.6 is 0 Å². The van der Waals surface area contributed by atoms with Crippen molar-refractivity contribution in [3.05, 3.63) is 24.3 Å². The molecule has 144 valence electrons. The van der Waals surface area contributed by atoms with Crippen LogP contribution in [0.15, 0.2) is 24.3 Å². The normalized spacial score (nSPS) is 12.9. The van der Waals surface area contributed by atoms with E-state index in [0.717, 1.165) is 19.3 Å². The zero-order valence-electron chi connectivity index (χ0n) is 16.3. The molecule has 0 radical (unpaired) electrons. The Labute approximate surface area is 154 Å². The molecule has 1 N–H and O–H groups in total. The second kappa shape index (κ2) is 17.4. The average Bonchev–Trinajstić information content (AvgIpc) is 2.58. The van der Waals surface area contributed by atoms with E-state index in [2.05, 4.69) is 6.92 Å². The van der Waals surface area contributed by atoms with Gasteiger partial charge in [-0.15, -0.1) is 0 Å². The fourth-order valence-corrected chi connectivity index (χ4v) is 2.95. The molecule has 1 atom stereocenters. The first-order chi connectivity index (χ1) is 12.1. The van der Waals surface area contributed by atoms with Gasteiger partial charge in [0, 0.05) is 0 Å². The third-order valence-corrected chi connectivity index (χ3v) is 4.55. The van der Waals surface area contributed by atoms with Gasteiger partial charge in [0.05, 0.1) is 0 Å². The first kappa shape index (κ1) is 23.6. The highest BCUT2D eigenvalue weighted by molar-refractivity contribution is 6.04. The van der Waals surface area contributed by atoms with Crippen molar-refractivity contribution in [2.24, 2.45) is 5.92 Å². The van der Waals surface area contributed by atoms with Crippen LogP contribution in [-0.2, 0) is 9.59 Å². The summed E-state index contributed by atoms with van der Waals surface area (Å²) in [5, 5.41) is 9.20. The Morgan fingerprint density at radius 1 is 0.800 bits per heavy atom. The maximum absolute atomic E-state index is 11.9. The molecule has 1 unspecified atom stereocenters. The van der Waals surface area contributed by atoms with Gasteiger partial charge in [-0.2, -0.15) is 0 Å². The van der Waals surface area contributed by atoms with Gasteiger partial charge >= 0.3 is 5.97 Å². The lowest BCUT2D eigenvalue weighted by Gasteiger charge is -2.08. The molecule has 3 heteroatoms. The van der Waals surface area contributed by atoms with Crippen LogP contribution in [0.5, 0.6) is 0 Å². The summed E-state index contributed by atoms with van der Waals surface area (Å²) in [4.78, 5) is 23.1. The van der Waals surface area contributed by atoms with Crippen molar-refractivity contribution in [1.82, 2.24) is 0 Å². The number of allylic oxidation sites excluding steroid dienone is 4. The first-order valence-corrected chi connectivity index (χ1v) is 10.2. The zero-order valence-corrected chi connectivity index (χ0v) is 16.3. The molecule has 0 rings (SSSR count). The summed E-state index contributed by atoms with van der Waals surface area (Å²) in [6, 6.07) is 0. The number of carbonyl (C=O) groups excluding carboxylic acids is 1. The minimum Gasteiger partial charge on any atom is -0.481 e. The number of hydrogen-bond acceptors (Lipinski definition) is 2. The van der Waals surface area contributed by atoms with Crippen LogP contribution < -0.4 is 0 Å². The molecule has 3 nitrogen and oxygen atoms in total. The Balaban J connectivity index is 3.66. The smallest absolute Gasteiger partial charge is 0.314 e. The number of carbonyl (C=O) groups is 2. The molecule has 0 bridgehead atoms. The topological polar surface area (TPSA) is 54.4 Å². The number of unbranched alkanes of at least 4 members (excludes halogenated alkanes) is 11. The highest BCUT2D eigenvalue weighted by Gasteiger charge is 2.23. The minimum absolute atomic E-state index is 0.298. The highest BCUT2D eigenvalue weighted by atomic mass is 16.4. The summed E-state index contributed by atoms with van der Waals surface area (Å²) in [6.45, 7) is 4.10. The van der Waals surface area contributed by atoms with E-state index in [-0.39, 0.29) is 5.78 Å². The van der Waals surface area contributed by atoms with E-state index in [0.29, 0.717) is 6.42 Å². The van der Waals surface area contributed by atoms with Gasteiger partial charge in [-0.3, -0.25) is 9.59 Å².